The number of aromatic amines is 1. The maximum Gasteiger partial charge on any atom is 0.404 e. The molecule has 0 aliphatic carbocycles. The molecule has 0 bridgehead atoms. The van der Waals surface area contributed by atoms with Gasteiger partial charge in [0.05, 0.1) is 12.2 Å². The highest BCUT2D eigenvalue weighted by atomic mass is 16.4. The first kappa shape index (κ1) is 14.5. The van der Waals surface area contributed by atoms with E-state index in [0.717, 1.165) is 0 Å². The van der Waals surface area contributed by atoms with Crippen LogP contribution in [-0.2, 0) is 11.3 Å². The van der Waals surface area contributed by atoms with Crippen LogP contribution in [0.2, 0.25) is 0 Å². The molecule has 0 unspecified atom stereocenters. The van der Waals surface area contributed by atoms with Crippen LogP contribution >= 0.6 is 0 Å². The molecule has 0 fully saturated rings. The van der Waals surface area contributed by atoms with Crippen LogP contribution in [0.4, 0.5) is 4.79 Å². The average molecular weight is 286 g/mol. The number of amides is 1. The summed E-state index contributed by atoms with van der Waals surface area (Å²) in [5.41, 5.74) is 2.30. The Kier molecular flexibility index (Phi) is 4.18. The van der Waals surface area contributed by atoms with Crippen molar-refractivity contribution in [1.29, 1.82) is 0 Å². The number of nitrogens with one attached hydrogen (secondary N) is 2. The lowest BCUT2D eigenvalue weighted by Gasteiger charge is -1.98. The van der Waals surface area contributed by atoms with Crippen molar-refractivity contribution in [2.45, 2.75) is 20.4 Å². The molecule has 3 N–H and O–H groups in total. The summed E-state index contributed by atoms with van der Waals surface area (Å²) in [5, 5.41) is 17.6. The summed E-state index contributed by atoms with van der Waals surface area (Å²) in [6.07, 6.45) is 0.412. The molecule has 21 heavy (non-hydrogen) atoms. The first-order valence-electron chi connectivity index (χ1n) is 6.33. The second-order valence-corrected chi connectivity index (χ2v) is 4.72. The molecule has 108 valence electrons. The summed E-state index contributed by atoms with van der Waals surface area (Å²) < 4.78 is 0. The van der Waals surface area contributed by atoms with Gasteiger partial charge in [-0.3, -0.25) is 14.9 Å². The Labute approximate surface area is 120 Å². The summed E-state index contributed by atoms with van der Waals surface area (Å²) in [5.74, 6) is 5.04. The lowest BCUT2D eigenvalue weighted by molar-refractivity contribution is -0.116. The van der Waals surface area contributed by atoms with Crippen LogP contribution in [0.25, 0.3) is 11.0 Å². The number of H-pyrrole nitrogens is 1. The van der Waals surface area contributed by atoms with Crippen LogP contribution in [0.5, 0.6) is 0 Å². The van der Waals surface area contributed by atoms with E-state index in [-0.39, 0.29) is 18.2 Å². The Morgan fingerprint density at radius 3 is 2.90 bits per heavy atom. The molecule has 7 heteroatoms. The molecule has 0 atom stereocenters. The molecule has 1 amide bonds. The molecule has 0 aliphatic heterocycles. The number of hydrogen-bond acceptors (Lipinski definition) is 4. The number of fused-ring (bicyclic) bond motifs is 1. The van der Waals surface area contributed by atoms with Gasteiger partial charge in [-0.25, -0.2) is 4.79 Å². The number of aromatic nitrogens is 3. The smallest absolute Gasteiger partial charge is 0.404 e. The summed E-state index contributed by atoms with van der Waals surface area (Å²) in [6, 6.07) is 1.70. The second-order valence-electron chi connectivity index (χ2n) is 4.72. The molecule has 2 aromatic rings. The van der Waals surface area contributed by atoms with E-state index in [4.69, 9.17) is 5.11 Å². The molecule has 0 saturated heterocycles. The Morgan fingerprint density at radius 2 is 2.24 bits per heavy atom. The van der Waals surface area contributed by atoms with E-state index in [1.54, 1.807) is 19.9 Å². The highest BCUT2D eigenvalue weighted by Gasteiger charge is 2.08. The molecule has 7 nitrogen and oxygen atoms in total. The molecular weight excluding hydrogens is 272 g/mol. The van der Waals surface area contributed by atoms with E-state index in [1.165, 1.54) is 6.20 Å². The number of carboxylic acid groups (broad SMARTS) is 1. The van der Waals surface area contributed by atoms with Gasteiger partial charge in [-0.1, -0.05) is 19.8 Å². The Hall–Kier alpha value is -2.88. The average Bonchev–Trinajstić information content (AvgIpc) is 2.84. The number of Topliss-reactive ketones (excluding diaryl/α,β-unsaturated/α-hetero) is 1. The maximum atomic E-state index is 11.5. The first-order chi connectivity index (χ1) is 9.97. The summed E-state index contributed by atoms with van der Waals surface area (Å²) >= 11 is 0. The maximum absolute atomic E-state index is 11.5. The molecule has 2 heterocycles. The van der Waals surface area contributed by atoms with Gasteiger partial charge in [-0.15, -0.1) is 0 Å². The predicted octanol–water partition coefficient (Wildman–Crippen LogP) is 1.30. The molecule has 0 aliphatic rings. The van der Waals surface area contributed by atoms with E-state index in [2.05, 4.69) is 32.3 Å². The highest BCUT2D eigenvalue weighted by molar-refractivity contribution is 5.97. The van der Waals surface area contributed by atoms with E-state index < -0.39 is 6.09 Å². The number of rotatable bonds is 3. The SMILES string of the molecule is CC(C)C(=O)C#Cc1cnc2c(CNC(=O)O)[nH]nc2c1. The van der Waals surface area contributed by atoms with Crippen molar-refractivity contribution in [2.24, 2.45) is 5.92 Å². The molecule has 2 aromatic heterocycles. The van der Waals surface area contributed by atoms with E-state index >= 15 is 0 Å². The minimum atomic E-state index is -1.12. The van der Waals surface area contributed by atoms with Crippen LogP contribution in [-0.4, -0.2) is 32.2 Å². The fourth-order valence-electron chi connectivity index (χ4n) is 1.59. The van der Waals surface area contributed by atoms with Gasteiger partial charge < -0.3 is 10.4 Å². The van der Waals surface area contributed by atoms with Crippen molar-refractivity contribution in [3.05, 3.63) is 23.5 Å². The lowest BCUT2D eigenvalue weighted by atomic mass is 10.1. The molecule has 0 saturated carbocycles. The second kappa shape index (κ2) is 6.05. The monoisotopic (exact) mass is 286 g/mol. The number of hydrogen-bond donors (Lipinski definition) is 3. The fourth-order valence-corrected chi connectivity index (χ4v) is 1.59. The van der Waals surface area contributed by atoms with Gasteiger partial charge in [0.1, 0.15) is 11.0 Å². The summed E-state index contributed by atoms with van der Waals surface area (Å²) in [7, 11) is 0. The van der Waals surface area contributed by atoms with Crippen molar-refractivity contribution < 1.29 is 14.7 Å². The standard InChI is InChI=1S/C14H14N4O3/c1-8(2)12(19)4-3-9-5-10-13(15-6-9)11(18-17-10)7-16-14(20)21/h5-6,8,16H,7H2,1-2H3,(H,17,18)(H,20,21). The van der Waals surface area contributed by atoms with E-state index in [0.29, 0.717) is 22.3 Å². The van der Waals surface area contributed by atoms with E-state index in [9.17, 15) is 9.59 Å². The van der Waals surface area contributed by atoms with Gasteiger partial charge >= 0.3 is 6.09 Å². The first-order valence-corrected chi connectivity index (χ1v) is 6.33. The highest BCUT2D eigenvalue weighted by Crippen LogP contribution is 2.14. The van der Waals surface area contributed by atoms with Crippen LogP contribution < -0.4 is 5.32 Å². The zero-order valence-electron chi connectivity index (χ0n) is 11.6. The van der Waals surface area contributed by atoms with Crippen LogP contribution in [0.1, 0.15) is 25.1 Å². The van der Waals surface area contributed by atoms with Gasteiger partial charge in [0, 0.05) is 17.7 Å². The number of carbonyl (C=O) groups is 2. The summed E-state index contributed by atoms with van der Waals surface area (Å²) in [4.78, 5) is 26.1. The molecule has 0 radical (unpaired) electrons. The number of pyridine rings is 1. The van der Waals surface area contributed by atoms with Gasteiger partial charge in [0.15, 0.2) is 0 Å². The largest absolute Gasteiger partial charge is 0.465 e. The van der Waals surface area contributed by atoms with Crippen molar-refractivity contribution in [2.75, 3.05) is 0 Å². The lowest BCUT2D eigenvalue weighted by Crippen LogP contribution is -2.20. The third-order valence-electron chi connectivity index (χ3n) is 2.74. The van der Waals surface area contributed by atoms with Crippen LogP contribution in [0.15, 0.2) is 12.3 Å². The zero-order valence-corrected chi connectivity index (χ0v) is 11.6. The van der Waals surface area contributed by atoms with Crippen LogP contribution in [0, 0.1) is 17.8 Å². The quantitative estimate of drug-likeness (QED) is 0.737. The van der Waals surface area contributed by atoms with Crippen molar-refractivity contribution in [1.82, 2.24) is 20.5 Å². The normalized spacial score (nSPS) is 10.2. The molecule has 2 rings (SSSR count). The molecular formula is C14H14N4O3. The molecule has 0 aromatic carbocycles. The zero-order chi connectivity index (χ0) is 15.4. The topological polar surface area (TPSA) is 108 Å². The van der Waals surface area contributed by atoms with Gasteiger partial charge in [-0.05, 0) is 12.0 Å². The third kappa shape index (κ3) is 3.57. The van der Waals surface area contributed by atoms with E-state index in [1.807, 2.05) is 0 Å². The number of carbonyl (C=O) groups excluding carboxylic acids is 1. The van der Waals surface area contributed by atoms with Gasteiger partial charge in [0.2, 0.25) is 5.78 Å². The number of ketones is 1. The molecule has 0 spiro atoms. The third-order valence-corrected chi connectivity index (χ3v) is 2.74. The van der Waals surface area contributed by atoms with Crippen molar-refractivity contribution in [3.8, 4) is 11.8 Å². The van der Waals surface area contributed by atoms with Crippen LogP contribution in [0.3, 0.4) is 0 Å². The van der Waals surface area contributed by atoms with Crippen molar-refractivity contribution in [3.63, 3.8) is 0 Å². The van der Waals surface area contributed by atoms with Gasteiger partial charge in [0.25, 0.3) is 0 Å². The minimum Gasteiger partial charge on any atom is -0.465 e. The van der Waals surface area contributed by atoms with Crippen molar-refractivity contribution >= 4 is 22.9 Å². The Bertz CT molecular complexity index is 752. The Morgan fingerprint density at radius 1 is 1.48 bits per heavy atom. The number of nitrogens with zero attached hydrogens (tertiary/aromatic N) is 2. The predicted molar refractivity (Wildman–Crippen MR) is 75.5 cm³/mol. The van der Waals surface area contributed by atoms with Gasteiger partial charge in [-0.2, -0.15) is 5.10 Å². The fraction of sp³-hybridized carbons (Fsp3) is 0.286. The summed E-state index contributed by atoms with van der Waals surface area (Å²) in [6.45, 7) is 3.66. The minimum absolute atomic E-state index is 0.0930. The Balaban J connectivity index is 2.24.